The number of furan rings is 1. The van der Waals surface area contributed by atoms with E-state index < -0.39 is 0 Å². The molecule has 1 saturated heterocycles. The second-order valence-electron chi connectivity index (χ2n) is 7.82. The molecule has 1 fully saturated rings. The molecule has 1 aliphatic rings. The molecule has 3 aromatic carbocycles. The highest BCUT2D eigenvalue weighted by atomic mass is 16.5. The number of benzene rings is 3. The lowest BCUT2D eigenvalue weighted by molar-refractivity contribution is -0.117. The number of anilines is 2. The Bertz CT molecular complexity index is 1230. The average Bonchev–Trinajstić information content (AvgIpc) is 3.17. The van der Waals surface area contributed by atoms with Gasteiger partial charge < -0.3 is 19.4 Å². The van der Waals surface area contributed by atoms with E-state index in [1.807, 2.05) is 54.6 Å². The van der Waals surface area contributed by atoms with E-state index in [0.29, 0.717) is 6.54 Å². The first-order valence-electron chi connectivity index (χ1n) is 10.5. The summed E-state index contributed by atoms with van der Waals surface area (Å²) in [5.41, 5.74) is 3.63. The molecule has 5 rings (SSSR count). The summed E-state index contributed by atoms with van der Waals surface area (Å²) in [7, 11) is 1.68. The lowest BCUT2D eigenvalue weighted by atomic mass is 10.1. The van der Waals surface area contributed by atoms with Crippen molar-refractivity contribution in [2.75, 3.05) is 50.1 Å². The van der Waals surface area contributed by atoms with Gasteiger partial charge in [0.15, 0.2) is 0 Å². The Hall–Kier alpha value is -3.51. The Kier molecular flexibility index (Phi) is 5.22. The van der Waals surface area contributed by atoms with Crippen LogP contribution in [0.4, 0.5) is 11.4 Å². The van der Waals surface area contributed by atoms with Crippen molar-refractivity contribution in [2.24, 2.45) is 0 Å². The number of fused-ring (bicyclic) bond motifs is 3. The van der Waals surface area contributed by atoms with Crippen LogP contribution in [-0.4, -0.2) is 50.6 Å². The molecule has 1 aromatic heterocycles. The van der Waals surface area contributed by atoms with Crippen LogP contribution in [-0.2, 0) is 4.79 Å². The third-order valence-electron chi connectivity index (χ3n) is 5.82. The van der Waals surface area contributed by atoms with Crippen LogP contribution in [0.5, 0.6) is 5.75 Å². The number of methoxy groups -OCH3 is 1. The predicted octanol–water partition coefficient (Wildman–Crippen LogP) is 4.36. The molecule has 0 atom stereocenters. The van der Waals surface area contributed by atoms with Crippen LogP contribution in [0.3, 0.4) is 0 Å². The van der Waals surface area contributed by atoms with Crippen LogP contribution in [0.2, 0.25) is 0 Å². The normalized spacial score (nSPS) is 14.8. The van der Waals surface area contributed by atoms with Crippen molar-refractivity contribution in [3.63, 3.8) is 0 Å². The van der Waals surface area contributed by atoms with Gasteiger partial charge in [-0.1, -0.05) is 24.3 Å². The number of carbonyl (C=O) groups excluding carboxylic acids is 1. The Labute approximate surface area is 181 Å². The number of hydrogen-bond acceptors (Lipinski definition) is 5. The van der Waals surface area contributed by atoms with Crippen molar-refractivity contribution >= 4 is 39.2 Å². The lowest BCUT2D eigenvalue weighted by Gasteiger charge is -2.35. The van der Waals surface area contributed by atoms with Gasteiger partial charge in [0.2, 0.25) is 5.91 Å². The molecule has 0 saturated carbocycles. The van der Waals surface area contributed by atoms with Crippen molar-refractivity contribution in [1.82, 2.24) is 4.90 Å². The highest BCUT2D eigenvalue weighted by Crippen LogP contribution is 2.30. The summed E-state index contributed by atoms with van der Waals surface area (Å²) in [6.45, 7) is 3.84. The van der Waals surface area contributed by atoms with Crippen molar-refractivity contribution in [1.29, 1.82) is 0 Å². The van der Waals surface area contributed by atoms with Crippen molar-refractivity contribution < 1.29 is 13.9 Å². The minimum Gasteiger partial charge on any atom is -0.497 e. The quantitative estimate of drug-likeness (QED) is 0.525. The Balaban J connectivity index is 1.20. The number of ether oxygens (including phenoxy) is 1. The SMILES string of the molecule is COc1cccc(N2CCN(CC(=O)Nc3ccc4oc5ccccc5c4c3)CC2)c1. The molecular formula is C25H25N3O3. The standard InChI is InChI=1S/C25H25N3O3/c1-30-20-6-4-5-19(16-20)28-13-11-27(12-14-28)17-25(29)26-18-9-10-24-22(15-18)21-7-2-3-8-23(21)31-24/h2-10,15-16H,11-14,17H2,1H3,(H,26,29). The highest BCUT2D eigenvalue weighted by Gasteiger charge is 2.20. The van der Waals surface area contributed by atoms with Crippen molar-refractivity contribution in [3.05, 3.63) is 66.7 Å². The average molecular weight is 415 g/mol. The summed E-state index contributed by atoms with van der Waals surface area (Å²) in [4.78, 5) is 17.2. The van der Waals surface area contributed by atoms with Crippen LogP contribution < -0.4 is 15.0 Å². The van der Waals surface area contributed by atoms with Gasteiger partial charge >= 0.3 is 0 Å². The third kappa shape index (κ3) is 4.07. The van der Waals surface area contributed by atoms with Gasteiger partial charge in [0.1, 0.15) is 16.9 Å². The maximum atomic E-state index is 12.6. The van der Waals surface area contributed by atoms with Gasteiger partial charge in [-0.25, -0.2) is 0 Å². The monoisotopic (exact) mass is 415 g/mol. The molecule has 0 bridgehead atoms. The van der Waals surface area contributed by atoms with Gasteiger partial charge in [-0.3, -0.25) is 9.69 Å². The number of para-hydroxylation sites is 1. The van der Waals surface area contributed by atoms with Gasteiger partial charge in [-0.2, -0.15) is 0 Å². The molecule has 1 N–H and O–H groups in total. The molecular weight excluding hydrogens is 390 g/mol. The van der Waals surface area contributed by atoms with E-state index in [0.717, 1.165) is 65.2 Å². The molecule has 0 spiro atoms. The van der Waals surface area contributed by atoms with E-state index in [4.69, 9.17) is 9.15 Å². The summed E-state index contributed by atoms with van der Waals surface area (Å²) >= 11 is 0. The largest absolute Gasteiger partial charge is 0.497 e. The molecule has 0 aliphatic carbocycles. The number of nitrogens with one attached hydrogen (secondary N) is 1. The number of piperazine rings is 1. The van der Waals surface area contributed by atoms with Gasteiger partial charge in [0.05, 0.1) is 13.7 Å². The van der Waals surface area contributed by atoms with E-state index in [9.17, 15) is 4.79 Å². The number of rotatable bonds is 5. The highest BCUT2D eigenvalue weighted by molar-refractivity contribution is 6.07. The summed E-state index contributed by atoms with van der Waals surface area (Å²) in [6.07, 6.45) is 0. The summed E-state index contributed by atoms with van der Waals surface area (Å²) in [6, 6.07) is 21.9. The van der Waals surface area contributed by atoms with Crippen LogP contribution in [0.25, 0.3) is 21.9 Å². The van der Waals surface area contributed by atoms with Crippen LogP contribution in [0, 0.1) is 0 Å². The second-order valence-corrected chi connectivity index (χ2v) is 7.82. The van der Waals surface area contributed by atoms with Gasteiger partial charge in [0.25, 0.3) is 0 Å². The molecule has 0 unspecified atom stereocenters. The summed E-state index contributed by atoms with van der Waals surface area (Å²) in [5.74, 6) is 0.864. The van der Waals surface area contributed by atoms with Crippen LogP contribution in [0.1, 0.15) is 0 Å². The Morgan fingerprint density at radius 3 is 2.58 bits per heavy atom. The molecule has 6 nitrogen and oxygen atoms in total. The van der Waals surface area contributed by atoms with E-state index in [2.05, 4.69) is 27.2 Å². The Morgan fingerprint density at radius 1 is 0.935 bits per heavy atom. The van der Waals surface area contributed by atoms with E-state index in [-0.39, 0.29) is 5.91 Å². The Morgan fingerprint density at radius 2 is 1.74 bits per heavy atom. The first kappa shape index (κ1) is 19.5. The predicted molar refractivity (Wildman–Crippen MR) is 124 cm³/mol. The molecule has 31 heavy (non-hydrogen) atoms. The summed E-state index contributed by atoms with van der Waals surface area (Å²) in [5, 5.41) is 5.11. The van der Waals surface area contributed by atoms with Gasteiger partial charge in [-0.15, -0.1) is 0 Å². The molecule has 2 heterocycles. The number of nitrogens with zero attached hydrogens (tertiary/aromatic N) is 2. The fraction of sp³-hybridized carbons (Fsp3) is 0.240. The van der Waals surface area contributed by atoms with Crippen LogP contribution in [0.15, 0.2) is 71.1 Å². The van der Waals surface area contributed by atoms with Gasteiger partial charge in [-0.05, 0) is 36.4 Å². The summed E-state index contributed by atoms with van der Waals surface area (Å²) < 4.78 is 11.2. The van der Waals surface area contributed by atoms with E-state index in [1.165, 1.54) is 0 Å². The minimum absolute atomic E-state index is 0.00183. The molecule has 0 radical (unpaired) electrons. The van der Waals surface area contributed by atoms with E-state index >= 15 is 0 Å². The fourth-order valence-corrected chi connectivity index (χ4v) is 4.18. The number of hydrogen-bond donors (Lipinski definition) is 1. The number of carbonyl (C=O) groups is 1. The molecule has 1 aliphatic heterocycles. The molecule has 4 aromatic rings. The van der Waals surface area contributed by atoms with E-state index in [1.54, 1.807) is 7.11 Å². The third-order valence-corrected chi connectivity index (χ3v) is 5.82. The molecule has 6 heteroatoms. The van der Waals surface area contributed by atoms with Crippen LogP contribution >= 0.6 is 0 Å². The zero-order valence-corrected chi connectivity index (χ0v) is 17.5. The topological polar surface area (TPSA) is 58.0 Å². The van der Waals surface area contributed by atoms with Gasteiger partial charge in [0, 0.05) is 54.4 Å². The van der Waals surface area contributed by atoms with Crippen molar-refractivity contribution in [2.45, 2.75) is 0 Å². The maximum Gasteiger partial charge on any atom is 0.238 e. The zero-order chi connectivity index (χ0) is 21.2. The first-order valence-corrected chi connectivity index (χ1v) is 10.5. The smallest absolute Gasteiger partial charge is 0.238 e. The lowest BCUT2D eigenvalue weighted by Crippen LogP contribution is -2.48. The first-order chi connectivity index (χ1) is 15.2. The fourth-order valence-electron chi connectivity index (χ4n) is 4.18. The number of amides is 1. The zero-order valence-electron chi connectivity index (χ0n) is 17.5. The minimum atomic E-state index is 0.00183. The molecule has 158 valence electrons. The van der Waals surface area contributed by atoms with Crippen molar-refractivity contribution in [3.8, 4) is 5.75 Å². The maximum absolute atomic E-state index is 12.6. The molecule has 1 amide bonds. The second kappa shape index (κ2) is 8.32.